The van der Waals surface area contributed by atoms with Gasteiger partial charge in [-0.05, 0) is 19.9 Å². The first-order valence-electron chi connectivity index (χ1n) is 6.65. The standard InChI is InChI=1S/C13H24N4O2/c1-4-5-14-6-12-7-17(10-15-12)8-13(18)16-11(2)9-19-3/h7,10-11,14H,4-6,8-9H2,1-3H3,(H,16,18). The highest BCUT2D eigenvalue weighted by Crippen LogP contribution is 1.96. The number of ether oxygens (including phenoxy) is 1. The topological polar surface area (TPSA) is 68.2 Å². The minimum absolute atomic E-state index is 0.0201. The molecule has 0 saturated heterocycles. The summed E-state index contributed by atoms with van der Waals surface area (Å²) in [5.41, 5.74) is 0.950. The van der Waals surface area contributed by atoms with Crippen molar-refractivity contribution < 1.29 is 9.53 Å². The van der Waals surface area contributed by atoms with Gasteiger partial charge in [0.25, 0.3) is 0 Å². The minimum atomic E-state index is -0.0324. The Kier molecular flexibility index (Phi) is 7.14. The lowest BCUT2D eigenvalue weighted by Crippen LogP contribution is -2.37. The molecule has 0 aliphatic heterocycles. The minimum Gasteiger partial charge on any atom is -0.383 e. The molecule has 0 aliphatic rings. The van der Waals surface area contributed by atoms with Gasteiger partial charge in [-0.15, -0.1) is 0 Å². The van der Waals surface area contributed by atoms with E-state index in [0.717, 1.165) is 25.2 Å². The fourth-order valence-electron chi connectivity index (χ4n) is 1.76. The van der Waals surface area contributed by atoms with Crippen molar-refractivity contribution in [2.24, 2.45) is 0 Å². The molecule has 0 aliphatic carbocycles. The van der Waals surface area contributed by atoms with Gasteiger partial charge in [0.05, 0.1) is 18.6 Å². The van der Waals surface area contributed by atoms with Crippen LogP contribution in [0.1, 0.15) is 26.0 Å². The van der Waals surface area contributed by atoms with Gasteiger partial charge in [0.15, 0.2) is 0 Å². The lowest BCUT2D eigenvalue weighted by molar-refractivity contribution is -0.122. The number of hydrogen-bond donors (Lipinski definition) is 2. The fourth-order valence-corrected chi connectivity index (χ4v) is 1.76. The molecule has 6 heteroatoms. The third-order valence-electron chi connectivity index (χ3n) is 2.57. The predicted octanol–water partition coefficient (Wildman–Crippen LogP) is 0.534. The van der Waals surface area contributed by atoms with Crippen molar-refractivity contribution >= 4 is 5.91 Å². The number of amides is 1. The molecule has 1 rings (SSSR count). The maximum Gasteiger partial charge on any atom is 0.240 e. The van der Waals surface area contributed by atoms with Crippen LogP contribution in [-0.2, 0) is 22.6 Å². The first kappa shape index (κ1) is 15.7. The van der Waals surface area contributed by atoms with Crippen LogP contribution in [0, 0.1) is 0 Å². The van der Waals surface area contributed by atoms with Crippen molar-refractivity contribution in [3.63, 3.8) is 0 Å². The second kappa shape index (κ2) is 8.66. The number of aromatic nitrogens is 2. The van der Waals surface area contributed by atoms with Gasteiger partial charge in [-0.2, -0.15) is 0 Å². The van der Waals surface area contributed by atoms with Crippen LogP contribution in [-0.4, -0.2) is 41.8 Å². The molecule has 108 valence electrons. The highest BCUT2D eigenvalue weighted by atomic mass is 16.5. The lowest BCUT2D eigenvalue weighted by atomic mass is 10.3. The van der Waals surface area contributed by atoms with Crippen LogP contribution in [0.2, 0.25) is 0 Å². The van der Waals surface area contributed by atoms with E-state index in [-0.39, 0.29) is 18.5 Å². The van der Waals surface area contributed by atoms with E-state index in [0.29, 0.717) is 6.61 Å². The predicted molar refractivity (Wildman–Crippen MR) is 73.7 cm³/mol. The van der Waals surface area contributed by atoms with Crippen molar-refractivity contribution in [3.8, 4) is 0 Å². The molecule has 1 atom stereocenters. The molecule has 0 aromatic carbocycles. The largest absolute Gasteiger partial charge is 0.383 e. The number of nitrogens with zero attached hydrogens (tertiary/aromatic N) is 2. The first-order chi connectivity index (χ1) is 9.15. The number of nitrogens with one attached hydrogen (secondary N) is 2. The van der Waals surface area contributed by atoms with Crippen molar-refractivity contribution in [2.75, 3.05) is 20.3 Å². The summed E-state index contributed by atoms with van der Waals surface area (Å²) in [7, 11) is 1.62. The van der Waals surface area contributed by atoms with Crippen LogP contribution >= 0.6 is 0 Å². The quantitative estimate of drug-likeness (QED) is 0.641. The Balaban J connectivity index is 2.34. The zero-order valence-corrected chi connectivity index (χ0v) is 12.0. The van der Waals surface area contributed by atoms with E-state index >= 15 is 0 Å². The van der Waals surface area contributed by atoms with Gasteiger partial charge < -0.3 is 19.9 Å². The number of hydrogen-bond acceptors (Lipinski definition) is 4. The molecule has 19 heavy (non-hydrogen) atoms. The Bertz CT molecular complexity index is 378. The zero-order chi connectivity index (χ0) is 14.1. The van der Waals surface area contributed by atoms with E-state index in [1.54, 1.807) is 18.0 Å². The first-order valence-corrected chi connectivity index (χ1v) is 6.65. The zero-order valence-electron chi connectivity index (χ0n) is 12.0. The van der Waals surface area contributed by atoms with E-state index in [2.05, 4.69) is 22.5 Å². The SMILES string of the molecule is CCCNCc1cn(CC(=O)NC(C)COC)cn1. The highest BCUT2D eigenvalue weighted by Gasteiger charge is 2.08. The van der Waals surface area contributed by atoms with Crippen molar-refractivity contribution in [1.82, 2.24) is 20.2 Å². The molecule has 0 bridgehead atoms. The number of rotatable bonds is 9. The molecular weight excluding hydrogens is 244 g/mol. The number of carbonyl (C=O) groups excluding carboxylic acids is 1. The van der Waals surface area contributed by atoms with Gasteiger partial charge >= 0.3 is 0 Å². The summed E-state index contributed by atoms with van der Waals surface area (Å²) in [4.78, 5) is 16.0. The van der Waals surface area contributed by atoms with Gasteiger partial charge in [-0.25, -0.2) is 4.98 Å². The van der Waals surface area contributed by atoms with Crippen molar-refractivity contribution in [1.29, 1.82) is 0 Å². The van der Waals surface area contributed by atoms with Gasteiger partial charge in [-0.3, -0.25) is 4.79 Å². The molecule has 0 radical (unpaired) electrons. The number of carbonyl (C=O) groups is 1. The summed E-state index contributed by atoms with van der Waals surface area (Å²) in [5, 5.41) is 6.14. The lowest BCUT2D eigenvalue weighted by Gasteiger charge is -2.12. The number of methoxy groups -OCH3 is 1. The number of imidazole rings is 1. The molecule has 2 N–H and O–H groups in total. The summed E-state index contributed by atoms with van der Waals surface area (Å²) < 4.78 is 6.76. The monoisotopic (exact) mass is 268 g/mol. The molecule has 6 nitrogen and oxygen atoms in total. The average molecular weight is 268 g/mol. The molecule has 0 fully saturated rings. The summed E-state index contributed by atoms with van der Waals surface area (Å²) in [6.07, 6.45) is 4.67. The summed E-state index contributed by atoms with van der Waals surface area (Å²) in [6, 6.07) is 0.0201. The van der Waals surface area contributed by atoms with E-state index in [1.165, 1.54) is 0 Å². The molecular formula is C13H24N4O2. The van der Waals surface area contributed by atoms with Gasteiger partial charge in [0.2, 0.25) is 5.91 Å². The van der Waals surface area contributed by atoms with Gasteiger partial charge in [-0.1, -0.05) is 6.92 Å². The average Bonchev–Trinajstić information content (AvgIpc) is 2.77. The van der Waals surface area contributed by atoms with E-state index in [1.807, 2.05) is 13.1 Å². The Morgan fingerprint density at radius 3 is 3.05 bits per heavy atom. The summed E-state index contributed by atoms with van der Waals surface area (Å²) in [5.74, 6) is -0.0324. The maximum atomic E-state index is 11.7. The smallest absolute Gasteiger partial charge is 0.240 e. The Hall–Kier alpha value is -1.40. The van der Waals surface area contributed by atoms with Crippen LogP contribution in [0.4, 0.5) is 0 Å². The van der Waals surface area contributed by atoms with Crippen LogP contribution in [0.25, 0.3) is 0 Å². The molecule has 1 aromatic rings. The van der Waals surface area contributed by atoms with E-state index < -0.39 is 0 Å². The Morgan fingerprint density at radius 2 is 2.37 bits per heavy atom. The van der Waals surface area contributed by atoms with Crippen LogP contribution < -0.4 is 10.6 Å². The third-order valence-corrected chi connectivity index (χ3v) is 2.57. The van der Waals surface area contributed by atoms with Crippen LogP contribution in [0.3, 0.4) is 0 Å². The van der Waals surface area contributed by atoms with E-state index in [4.69, 9.17) is 4.74 Å². The van der Waals surface area contributed by atoms with Crippen LogP contribution in [0.15, 0.2) is 12.5 Å². The molecule has 1 amide bonds. The normalized spacial score (nSPS) is 12.4. The second-order valence-corrected chi connectivity index (χ2v) is 4.64. The molecule has 0 saturated carbocycles. The highest BCUT2D eigenvalue weighted by molar-refractivity contribution is 5.76. The molecule has 0 spiro atoms. The van der Waals surface area contributed by atoms with Crippen molar-refractivity contribution in [2.45, 2.75) is 39.4 Å². The summed E-state index contributed by atoms with van der Waals surface area (Å²) in [6.45, 7) is 6.55. The molecule has 1 aromatic heterocycles. The van der Waals surface area contributed by atoms with Crippen LogP contribution in [0.5, 0.6) is 0 Å². The fraction of sp³-hybridized carbons (Fsp3) is 0.692. The van der Waals surface area contributed by atoms with Crippen molar-refractivity contribution in [3.05, 3.63) is 18.2 Å². The Morgan fingerprint density at radius 1 is 1.58 bits per heavy atom. The third kappa shape index (κ3) is 6.35. The summed E-state index contributed by atoms with van der Waals surface area (Å²) >= 11 is 0. The molecule has 1 unspecified atom stereocenters. The van der Waals surface area contributed by atoms with E-state index in [9.17, 15) is 4.79 Å². The van der Waals surface area contributed by atoms with Gasteiger partial charge in [0, 0.05) is 25.9 Å². The Labute approximate surface area is 114 Å². The second-order valence-electron chi connectivity index (χ2n) is 4.64. The molecule has 1 heterocycles. The van der Waals surface area contributed by atoms with Gasteiger partial charge in [0.1, 0.15) is 6.54 Å². The maximum absolute atomic E-state index is 11.7.